The predicted octanol–water partition coefficient (Wildman–Crippen LogP) is 1.16. The zero-order valence-electron chi connectivity index (χ0n) is 14.5. The number of amides is 1. The Labute approximate surface area is 151 Å². The van der Waals surface area contributed by atoms with Crippen molar-refractivity contribution in [2.75, 3.05) is 44.7 Å². The molecule has 3 heterocycles. The number of nitriles is 1. The zero-order chi connectivity index (χ0) is 18.1. The van der Waals surface area contributed by atoms with Crippen LogP contribution in [-0.4, -0.2) is 66.7 Å². The molecule has 134 valence electrons. The van der Waals surface area contributed by atoms with Crippen LogP contribution in [-0.2, 0) is 4.79 Å². The van der Waals surface area contributed by atoms with Crippen molar-refractivity contribution >= 4 is 11.8 Å². The summed E-state index contributed by atoms with van der Waals surface area (Å²) in [6.45, 7) is 3.12. The molecular weight excluding hydrogens is 334 g/mol. The molecule has 2 aliphatic heterocycles. The fraction of sp³-hybridized carbons (Fsp3) is 0.389. The molecule has 0 N–H and O–H groups in total. The normalized spacial score (nSPS) is 20.6. The molecule has 0 radical (unpaired) electrons. The van der Waals surface area contributed by atoms with Crippen LogP contribution in [0.15, 0.2) is 34.9 Å². The number of anilines is 1. The molecule has 1 atom stereocenters. The van der Waals surface area contributed by atoms with Gasteiger partial charge < -0.3 is 14.2 Å². The highest BCUT2D eigenvalue weighted by Gasteiger charge is 2.40. The van der Waals surface area contributed by atoms with E-state index in [4.69, 9.17) is 14.5 Å². The molecule has 4 rings (SSSR count). The van der Waals surface area contributed by atoms with Crippen LogP contribution in [0.5, 0.6) is 5.75 Å². The molecule has 1 aromatic heterocycles. The first-order valence-corrected chi connectivity index (χ1v) is 8.51. The molecule has 0 bridgehead atoms. The molecule has 2 aromatic rings. The van der Waals surface area contributed by atoms with E-state index in [0.717, 1.165) is 24.4 Å². The Hall–Kier alpha value is -3.05. The van der Waals surface area contributed by atoms with E-state index in [2.05, 4.69) is 16.2 Å². The van der Waals surface area contributed by atoms with Crippen LogP contribution in [0.2, 0.25) is 0 Å². The summed E-state index contributed by atoms with van der Waals surface area (Å²) < 4.78 is 10.7. The van der Waals surface area contributed by atoms with Crippen molar-refractivity contribution in [2.45, 2.75) is 6.04 Å². The number of carbonyl (C=O) groups excluding carboxylic acids is 1. The Bertz CT molecular complexity index is 859. The van der Waals surface area contributed by atoms with E-state index in [-0.39, 0.29) is 11.9 Å². The van der Waals surface area contributed by atoms with Crippen LogP contribution in [0, 0.1) is 11.5 Å². The number of hydrogen-bond donors (Lipinski definition) is 0. The quantitative estimate of drug-likeness (QED) is 0.766. The van der Waals surface area contributed by atoms with Gasteiger partial charge in [-0.3, -0.25) is 14.6 Å². The number of methoxy groups -OCH3 is 1. The summed E-state index contributed by atoms with van der Waals surface area (Å²) in [4.78, 5) is 18.3. The maximum Gasteiger partial charge on any atom is 0.248 e. The number of benzene rings is 1. The molecule has 2 aliphatic rings. The Morgan fingerprint density at radius 2 is 2.12 bits per heavy atom. The lowest BCUT2D eigenvalue weighted by molar-refractivity contribution is -0.128. The molecule has 0 aliphatic carbocycles. The third-order valence-electron chi connectivity index (χ3n) is 4.92. The first kappa shape index (κ1) is 16.4. The van der Waals surface area contributed by atoms with Gasteiger partial charge in [0.1, 0.15) is 17.5 Å². The van der Waals surface area contributed by atoms with Crippen molar-refractivity contribution in [3.8, 4) is 23.2 Å². The molecule has 2 fully saturated rings. The van der Waals surface area contributed by atoms with Crippen LogP contribution >= 0.6 is 0 Å². The first-order valence-electron chi connectivity index (χ1n) is 8.51. The number of fused-ring (bicyclic) bond motifs is 1. The third kappa shape index (κ3) is 2.86. The Kier molecular flexibility index (Phi) is 4.22. The smallest absolute Gasteiger partial charge is 0.248 e. The summed E-state index contributed by atoms with van der Waals surface area (Å²) in [6, 6.07) is 8.97. The topological polar surface area (TPSA) is 85.8 Å². The lowest BCUT2D eigenvalue weighted by atomic mass is 10.1. The second kappa shape index (κ2) is 6.69. The van der Waals surface area contributed by atoms with Crippen molar-refractivity contribution < 1.29 is 14.1 Å². The van der Waals surface area contributed by atoms with Gasteiger partial charge in [-0.25, -0.2) is 0 Å². The Morgan fingerprint density at radius 3 is 2.92 bits per heavy atom. The van der Waals surface area contributed by atoms with E-state index >= 15 is 0 Å². The summed E-state index contributed by atoms with van der Waals surface area (Å²) in [7, 11) is 1.61. The molecular formula is C18H19N5O3. The van der Waals surface area contributed by atoms with E-state index < -0.39 is 0 Å². The van der Waals surface area contributed by atoms with Crippen LogP contribution in [0.3, 0.4) is 0 Å². The highest BCUT2D eigenvalue weighted by atomic mass is 16.5. The molecule has 8 nitrogen and oxygen atoms in total. The maximum absolute atomic E-state index is 12.9. The monoisotopic (exact) mass is 353 g/mol. The van der Waals surface area contributed by atoms with Gasteiger partial charge >= 0.3 is 0 Å². The maximum atomic E-state index is 12.9. The van der Waals surface area contributed by atoms with Gasteiger partial charge in [-0.15, -0.1) is 0 Å². The molecule has 8 heteroatoms. The van der Waals surface area contributed by atoms with Gasteiger partial charge in [0.2, 0.25) is 11.8 Å². The third-order valence-corrected chi connectivity index (χ3v) is 4.92. The van der Waals surface area contributed by atoms with Crippen molar-refractivity contribution in [3.63, 3.8) is 0 Å². The number of rotatable bonds is 3. The first-order chi connectivity index (χ1) is 12.7. The van der Waals surface area contributed by atoms with Gasteiger partial charge in [0, 0.05) is 37.8 Å². The number of ether oxygens (including phenoxy) is 1. The van der Waals surface area contributed by atoms with Crippen molar-refractivity contribution in [1.82, 2.24) is 15.0 Å². The highest BCUT2D eigenvalue weighted by Crippen LogP contribution is 2.29. The molecule has 1 aromatic carbocycles. The average molecular weight is 353 g/mol. The molecule has 26 heavy (non-hydrogen) atoms. The minimum atomic E-state index is -0.317. The summed E-state index contributed by atoms with van der Waals surface area (Å²) in [5.74, 6) is 1.11. The van der Waals surface area contributed by atoms with Crippen LogP contribution in [0.1, 0.15) is 0 Å². The minimum absolute atomic E-state index is 0.0513. The molecule has 0 saturated carbocycles. The molecule has 0 spiro atoms. The second-order valence-electron chi connectivity index (χ2n) is 6.37. The van der Waals surface area contributed by atoms with Gasteiger partial charge in [-0.1, -0.05) is 17.3 Å². The van der Waals surface area contributed by atoms with Crippen molar-refractivity contribution in [2.24, 2.45) is 0 Å². The Morgan fingerprint density at radius 1 is 1.27 bits per heavy atom. The second-order valence-corrected chi connectivity index (χ2v) is 6.37. The van der Waals surface area contributed by atoms with E-state index in [9.17, 15) is 4.79 Å². The van der Waals surface area contributed by atoms with Crippen LogP contribution in [0.25, 0.3) is 11.3 Å². The highest BCUT2D eigenvalue weighted by molar-refractivity contribution is 5.97. The lowest BCUT2D eigenvalue weighted by Crippen LogP contribution is -2.64. The van der Waals surface area contributed by atoms with Crippen molar-refractivity contribution in [1.29, 1.82) is 5.26 Å². The Balaban J connectivity index is 1.56. The minimum Gasteiger partial charge on any atom is -0.497 e. The summed E-state index contributed by atoms with van der Waals surface area (Å²) in [5.41, 5.74) is 1.51. The fourth-order valence-electron chi connectivity index (χ4n) is 3.46. The SMILES string of the molecule is COc1cccc(-c2cc(N3CCN4CCN(C#N)C[C@@H]4C3=O)on2)c1. The summed E-state index contributed by atoms with van der Waals surface area (Å²) in [5, 5.41) is 13.2. The lowest BCUT2D eigenvalue weighted by Gasteiger charge is -2.44. The van der Waals surface area contributed by atoms with Gasteiger partial charge in [0.05, 0.1) is 13.7 Å². The van der Waals surface area contributed by atoms with Gasteiger partial charge in [-0.05, 0) is 12.1 Å². The summed E-state index contributed by atoms with van der Waals surface area (Å²) >= 11 is 0. The number of carbonyl (C=O) groups is 1. The van der Waals surface area contributed by atoms with E-state index in [1.807, 2.05) is 24.3 Å². The number of hydrogen-bond acceptors (Lipinski definition) is 7. The largest absolute Gasteiger partial charge is 0.497 e. The molecule has 2 saturated heterocycles. The van der Waals surface area contributed by atoms with Gasteiger partial charge in [-0.2, -0.15) is 5.26 Å². The van der Waals surface area contributed by atoms with Crippen LogP contribution < -0.4 is 9.64 Å². The molecule has 0 unspecified atom stereocenters. The number of nitrogens with zero attached hydrogens (tertiary/aromatic N) is 5. The molecule has 1 amide bonds. The van der Waals surface area contributed by atoms with Gasteiger partial charge in [0.25, 0.3) is 0 Å². The van der Waals surface area contributed by atoms with E-state index in [1.165, 1.54) is 0 Å². The van der Waals surface area contributed by atoms with E-state index in [1.54, 1.807) is 23.0 Å². The van der Waals surface area contributed by atoms with Crippen molar-refractivity contribution in [3.05, 3.63) is 30.3 Å². The van der Waals surface area contributed by atoms with Crippen LogP contribution in [0.4, 0.5) is 5.88 Å². The number of piperazine rings is 2. The fourth-order valence-corrected chi connectivity index (χ4v) is 3.46. The van der Waals surface area contributed by atoms with Gasteiger partial charge in [0.15, 0.2) is 6.19 Å². The number of aromatic nitrogens is 1. The zero-order valence-corrected chi connectivity index (χ0v) is 14.5. The average Bonchev–Trinajstić information content (AvgIpc) is 3.18. The van der Waals surface area contributed by atoms with E-state index in [0.29, 0.717) is 31.2 Å². The standard InChI is InChI=1S/C18H19N5O3/c1-25-14-4-2-3-13(9-14)15-10-17(26-20-15)23-8-7-22-6-5-21(12-19)11-16(22)18(23)24/h2-4,9-10,16H,5-8,11H2,1H3/t16-/m1/s1. The predicted molar refractivity (Wildman–Crippen MR) is 93.4 cm³/mol. The summed E-state index contributed by atoms with van der Waals surface area (Å²) in [6.07, 6.45) is 2.14.